The van der Waals surface area contributed by atoms with Crippen LogP contribution in [0, 0.1) is 11.6 Å². The quantitative estimate of drug-likeness (QED) is 0.739. The van der Waals surface area contributed by atoms with Gasteiger partial charge in [-0.1, -0.05) is 13.0 Å². The van der Waals surface area contributed by atoms with Crippen molar-refractivity contribution in [3.05, 3.63) is 59.2 Å². The van der Waals surface area contributed by atoms with Crippen LogP contribution in [0.3, 0.4) is 0 Å². The maximum atomic E-state index is 13.3. The van der Waals surface area contributed by atoms with Crippen LogP contribution in [-0.4, -0.2) is 22.4 Å². The highest BCUT2D eigenvalue weighted by Gasteiger charge is 2.21. The van der Waals surface area contributed by atoms with Crippen LogP contribution in [0.4, 0.5) is 14.5 Å². The number of hydrogen-bond acceptors (Lipinski definition) is 3. The molecule has 0 unspecified atom stereocenters. The fourth-order valence-corrected chi connectivity index (χ4v) is 4.64. The van der Waals surface area contributed by atoms with Gasteiger partial charge in [0.25, 0.3) is 5.91 Å². The second kappa shape index (κ2) is 8.85. The van der Waals surface area contributed by atoms with Gasteiger partial charge in [0.05, 0.1) is 6.10 Å². The Balaban J connectivity index is 1.75. The van der Waals surface area contributed by atoms with Crippen molar-refractivity contribution in [3.8, 4) is 0 Å². The molecule has 1 amide bonds. The van der Waals surface area contributed by atoms with E-state index in [2.05, 4.69) is 12.2 Å². The van der Waals surface area contributed by atoms with Crippen molar-refractivity contribution in [1.82, 2.24) is 0 Å². The highest BCUT2D eigenvalue weighted by molar-refractivity contribution is 8.00. The number of aliphatic hydroxyl groups is 1. The normalized spacial score (nSPS) is 19.7. The number of amides is 1. The first-order valence-electron chi connectivity index (χ1n) is 9.20. The predicted octanol–water partition coefficient (Wildman–Crippen LogP) is 5.18. The number of benzene rings is 2. The standard InChI is InChI=1S/C21H23F2NO2S/c1-2-13-3-4-14(11-20(13)27-17-8-6-16(25)7-9-17)21(26)24-15-5-10-18(22)19(23)12-15/h3-5,10-12,16-17,25H,2,6-9H2,1H3,(H,24,26). The Labute approximate surface area is 162 Å². The Morgan fingerprint density at radius 2 is 1.85 bits per heavy atom. The first kappa shape index (κ1) is 19.8. The number of carbonyl (C=O) groups is 1. The van der Waals surface area contributed by atoms with E-state index in [9.17, 15) is 18.7 Å². The smallest absolute Gasteiger partial charge is 0.255 e. The summed E-state index contributed by atoms with van der Waals surface area (Å²) in [7, 11) is 0. The zero-order valence-electron chi connectivity index (χ0n) is 15.2. The van der Waals surface area contributed by atoms with Crippen LogP contribution in [0.1, 0.15) is 48.5 Å². The SMILES string of the molecule is CCc1ccc(C(=O)Nc2ccc(F)c(F)c2)cc1SC1CCC(O)CC1. The number of rotatable bonds is 5. The summed E-state index contributed by atoms with van der Waals surface area (Å²) in [5.41, 5.74) is 1.87. The highest BCUT2D eigenvalue weighted by atomic mass is 32.2. The van der Waals surface area contributed by atoms with Gasteiger partial charge in [-0.3, -0.25) is 4.79 Å². The Morgan fingerprint density at radius 1 is 1.11 bits per heavy atom. The number of halogens is 2. The van der Waals surface area contributed by atoms with E-state index in [0.29, 0.717) is 10.8 Å². The third kappa shape index (κ3) is 5.08. The molecule has 0 spiro atoms. The Bertz CT molecular complexity index is 820. The van der Waals surface area contributed by atoms with Gasteiger partial charge in [-0.05, 0) is 61.9 Å². The summed E-state index contributed by atoms with van der Waals surface area (Å²) < 4.78 is 26.4. The molecule has 0 aromatic heterocycles. The summed E-state index contributed by atoms with van der Waals surface area (Å²) in [6, 6.07) is 8.85. The minimum absolute atomic E-state index is 0.194. The maximum absolute atomic E-state index is 13.3. The average molecular weight is 391 g/mol. The van der Waals surface area contributed by atoms with Crippen LogP contribution < -0.4 is 5.32 Å². The second-order valence-corrected chi connectivity index (χ2v) is 8.15. The fourth-order valence-electron chi connectivity index (χ4n) is 3.22. The van der Waals surface area contributed by atoms with Crippen molar-refractivity contribution in [2.45, 2.75) is 55.3 Å². The molecule has 0 aliphatic heterocycles. The summed E-state index contributed by atoms with van der Waals surface area (Å²) in [4.78, 5) is 13.6. The lowest BCUT2D eigenvalue weighted by Gasteiger charge is -2.25. The van der Waals surface area contributed by atoms with Gasteiger partial charge in [0.15, 0.2) is 11.6 Å². The van der Waals surface area contributed by atoms with Crippen LogP contribution in [-0.2, 0) is 6.42 Å². The third-order valence-electron chi connectivity index (χ3n) is 4.83. The van der Waals surface area contributed by atoms with E-state index < -0.39 is 11.6 Å². The highest BCUT2D eigenvalue weighted by Crippen LogP contribution is 2.36. The topological polar surface area (TPSA) is 49.3 Å². The molecule has 0 radical (unpaired) electrons. The summed E-state index contributed by atoms with van der Waals surface area (Å²) in [5, 5.41) is 12.7. The lowest BCUT2D eigenvalue weighted by atomic mass is 9.97. The minimum Gasteiger partial charge on any atom is -0.393 e. The van der Waals surface area contributed by atoms with Gasteiger partial charge in [0, 0.05) is 27.5 Å². The molecule has 0 atom stereocenters. The van der Waals surface area contributed by atoms with Crippen molar-refractivity contribution < 1.29 is 18.7 Å². The van der Waals surface area contributed by atoms with E-state index in [0.717, 1.165) is 49.1 Å². The monoisotopic (exact) mass is 391 g/mol. The van der Waals surface area contributed by atoms with E-state index in [1.54, 1.807) is 17.8 Å². The van der Waals surface area contributed by atoms with Gasteiger partial charge >= 0.3 is 0 Å². The van der Waals surface area contributed by atoms with Crippen molar-refractivity contribution in [1.29, 1.82) is 0 Å². The first-order chi connectivity index (χ1) is 13.0. The fraction of sp³-hybridized carbons (Fsp3) is 0.381. The average Bonchev–Trinajstić information content (AvgIpc) is 2.66. The third-order valence-corrected chi connectivity index (χ3v) is 6.26. The van der Waals surface area contributed by atoms with E-state index in [-0.39, 0.29) is 17.7 Å². The Hall–Kier alpha value is -1.92. The van der Waals surface area contributed by atoms with Gasteiger partial charge in [-0.2, -0.15) is 0 Å². The molecule has 2 aromatic carbocycles. The van der Waals surface area contributed by atoms with Crippen LogP contribution >= 0.6 is 11.8 Å². The maximum Gasteiger partial charge on any atom is 0.255 e. The lowest BCUT2D eigenvalue weighted by Crippen LogP contribution is -2.19. The second-order valence-electron chi connectivity index (χ2n) is 6.81. The molecule has 144 valence electrons. The van der Waals surface area contributed by atoms with Gasteiger partial charge in [0.1, 0.15) is 0 Å². The molecular weight excluding hydrogens is 368 g/mol. The van der Waals surface area contributed by atoms with Crippen LogP contribution in [0.2, 0.25) is 0 Å². The summed E-state index contributed by atoms with van der Waals surface area (Å²) in [6.45, 7) is 2.07. The summed E-state index contributed by atoms with van der Waals surface area (Å²) >= 11 is 1.76. The van der Waals surface area contributed by atoms with Gasteiger partial charge in [-0.15, -0.1) is 11.8 Å². The Morgan fingerprint density at radius 3 is 2.52 bits per heavy atom. The minimum atomic E-state index is -0.995. The summed E-state index contributed by atoms with van der Waals surface area (Å²) in [5.74, 6) is -2.30. The molecule has 0 bridgehead atoms. The number of thioether (sulfide) groups is 1. The molecule has 2 aromatic rings. The number of aliphatic hydroxyl groups excluding tert-OH is 1. The molecule has 0 heterocycles. The van der Waals surface area contributed by atoms with Gasteiger partial charge in [-0.25, -0.2) is 8.78 Å². The van der Waals surface area contributed by atoms with E-state index >= 15 is 0 Å². The first-order valence-corrected chi connectivity index (χ1v) is 10.1. The zero-order chi connectivity index (χ0) is 19.4. The van der Waals surface area contributed by atoms with Crippen LogP contribution in [0.15, 0.2) is 41.3 Å². The number of nitrogens with one attached hydrogen (secondary N) is 1. The van der Waals surface area contributed by atoms with E-state index in [1.165, 1.54) is 11.6 Å². The molecular formula is C21H23F2NO2S. The van der Waals surface area contributed by atoms with Crippen LogP contribution in [0.25, 0.3) is 0 Å². The Kier molecular flexibility index (Phi) is 6.50. The van der Waals surface area contributed by atoms with Crippen molar-refractivity contribution >= 4 is 23.4 Å². The molecule has 2 N–H and O–H groups in total. The molecule has 27 heavy (non-hydrogen) atoms. The molecule has 1 aliphatic rings. The number of aryl methyl sites for hydroxylation is 1. The van der Waals surface area contributed by atoms with Crippen molar-refractivity contribution in [2.75, 3.05) is 5.32 Å². The molecule has 3 nitrogen and oxygen atoms in total. The van der Waals surface area contributed by atoms with E-state index in [4.69, 9.17) is 0 Å². The molecule has 3 rings (SSSR count). The molecule has 0 saturated heterocycles. The molecule has 1 saturated carbocycles. The largest absolute Gasteiger partial charge is 0.393 e. The van der Waals surface area contributed by atoms with Crippen LogP contribution in [0.5, 0.6) is 0 Å². The summed E-state index contributed by atoms with van der Waals surface area (Å²) in [6.07, 6.45) is 4.22. The van der Waals surface area contributed by atoms with Crippen molar-refractivity contribution in [3.63, 3.8) is 0 Å². The van der Waals surface area contributed by atoms with Gasteiger partial charge in [0.2, 0.25) is 0 Å². The van der Waals surface area contributed by atoms with E-state index in [1.807, 2.05) is 12.1 Å². The number of anilines is 1. The lowest BCUT2D eigenvalue weighted by molar-refractivity contribution is 0.102. The van der Waals surface area contributed by atoms with Gasteiger partial charge < -0.3 is 10.4 Å². The molecule has 6 heteroatoms. The number of carbonyl (C=O) groups excluding carboxylic acids is 1. The van der Waals surface area contributed by atoms with Crippen molar-refractivity contribution in [2.24, 2.45) is 0 Å². The number of hydrogen-bond donors (Lipinski definition) is 2. The zero-order valence-corrected chi connectivity index (χ0v) is 16.0. The molecule has 1 fully saturated rings. The predicted molar refractivity (Wildman–Crippen MR) is 104 cm³/mol. The molecule has 1 aliphatic carbocycles.